The zero-order valence-corrected chi connectivity index (χ0v) is 37.4. The molecule has 69 heavy (non-hydrogen) atoms. The lowest BCUT2D eigenvalue weighted by Crippen LogP contribution is -2.14. The Hall–Kier alpha value is -8.78. The second-order valence-electron chi connectivity index (χ2n) is 14.0. The lowest BCUT2D eigenvalue weighted by molar-refractivity contribution is -0.137. The van der Waals surface area contributed by atoms with Gasteiger partial charge in [-0.1, -0.05) is 25.6 Å². The number of carbonyl (C=O) groups is 3. The maximum atomic E-state index is 13.4. The first-order valence-electron chi connectivity index (χ1n) is 19.9. The van der Waals surface area contributed by atoms with E-state index in [0.29, 0.717) is 39.8 Å². The highest BCUT2D eigenvalue weighted by Gasteiger charge is 2.31. The predicted molar refractivity (Wildman–Crippen MR) is 257 cm³/mol. The average Bonchev–Trinajstić information content (AvgIpc) is 3.88. The number of ether oxygens (including phenoxy) is 1. The molecule has 21 heteroatoms. The molecule has 0 atom stereocenters. The SMILES string of the molecule is C.COC(=O)c1ccc(C)c(N)c1.Cc1ccc(C(=O)Nc2cc(-n3ccnc3)cc(C(F)(F)F)c2)cc1Nc1ncccn1.Cc1ccc(C(=O)O)cc1Nc1ncccn1.Clc1ncccn1. The number of hydrogen-bond acceptors (Lipinski definition) is 14. The molecule has 17 nitrogen and oxygen atoms in total. The molecule has 0 saturated carbocycles. The van der Waals surface area contributed by atoms with Crippen LogP contribution >= 0.6 is 11.6 Å². The maximum Gasteiger partial charge on any atom is 0.416 e. The third-order valence-electron chi connectivity index (χ3n) is 9.15. The number of alkyl halides is 3. The van der Waals surface area contributed by atoms with Crippen LogP contribution in [0.1, 0.15) is 60.8 Å². The third kappa shape index (κ3) is 16.3. The molecule has 0 bridgehead atoms. The van der Waals surface area contributed by atoms with Gasteiger partial charge in [-0.2, -0.15) is 13.2 Å². The van der Waals surface area contributed by atoms with E-state index in [9.17, 15) is 27.6 Å². The van der Waals surface area contributed by atoms with Crippen molar-refractivity contribution in [2.45, 2.75) is 34.4 Å². The van der Waals surface area contributed by atoms with Crippen molar-refractivity contribution >= 4 is 64.1 Å². The van der Waals surface area contributed by atoms with E-state index in [0.717, 1.165) is 28.8 Å². The van der Waals surface area contributed by atoms with Crippen molar-refractivity contribution in [3.8, 4) is 5.69 Å². The molecular formula is C48H46ClF3N12O5. The van der Waals surface area contributed by atoms with E-state index in [1.165, 1.54) is 36.5 Å². The summed E-state index contributed by atoms with van der Waals surface area (Å²) in [5, 5.41) is 17.8. The first-order valence-corrected chi connectivity index (χ1v) is 20.3. The number of nitrogen functional groups attached to an aromatic ring is 1. The van der Waals surface area contributed by atoms with Crippen LogP contribution in [-0.2, 0) is 10.9 Å². The lowest BCUT2D eigenvalue weighted by atomic mass is 10.1. The van der Waals surface area contributed by atoms with Gasteiger partial charge in [-0.15, -0.1) is 0 Å². The van der Waals surface area contributed by atoms with E-state index in [4.69, 9.17) is 22.4 Å². The first kappa shape index (κ1) is 52.8. The molecule has 1 amide bonds. The summed E-state index contributed by atoms with van der Waals surface area (Å²) in [5.41, 5.74) is 10.6. The molecular weight excluding hydrogens is 917 g/mol. The number of anilines is 6. The lowest BCUT2D eigenvalue weighted by Gasteiger charge is -2.14. The summed E-state index contributed by atoms with van der Waals surface area (Å²) in [6.07, 6.45) is 9.35. The number of aromatic carboxylic acids is 1. The van der Waals surface area contributed by atoms with Gasteiger partial charge in [-0.05, 0) is 122 Å². The van der Waals surface area contributed by atoms with E-state index in [1.54, 1.807) is 110 Å². The standard InChI is InChI=1S/C22H17F3N6O.C12H11N3O2.C9H11NO2.C4H3ClN2.CH4/c1-14-3-4-15(9-19(14)30-21-27-5-2-6-28-21)20(32)29-17-10-16(22(23,24)25)11-18(12-17)31-8-7-26-13-31;1-8-3-4-9(11(16)17)7-10(8)15-12-13-5-2-6-14-12;1-6-3-4-7(5-8(6)10)9(11)12-2;5-4-6-2-1-3-7-4;/h2-13H,1H3,(H,29,32)(H,27,28,30);2-7H,1H3,(H,16,17)(H,13,14,15);3-5H,10H2,1-2H3;1-3H;1H4. The Bertz CT molecular complexity index is 2940. The van der Waals surface area contributed by atoms with Gasteiger partial charge in [0.1, 0.15) is 0 Å². The molecule has 0 radical (unpaired) electrons. The molecule has 4 aromatic carbocycles. The van der Waals surface area contributed by atoms with Gasteiger partial charge in [0.25, 0.3) is 5.91 Å². The Morgan fingerprint density at radius 1 is 0.681 bits per heavy atom. The average molecular weight is 963 g/mol. The zero-order valence-electron chi connectivity index (χ0n) is 36.6. The van der Waals surface area contributed by atoms with Crippen molar-refractivity contribution in [3.63, 3.8) is 0 Å². The van der Waals surface area contributed by atoms with Crippen LogP contribution in [0, 0.1) is 20.8 Å². The van der Waals surface area contributed by atoms with E-state index in [-0.39, 0.29) is 35.9 Å². The number of imidazole rings is 1. The van der Waals surface area contributed by atoms with Gasteiger partial charge in [0.05, 0.1) is 30.1 Å². The number of benzene rings is 4. The fourth-order valence-corrected chi connectivity index (χ4v) is 5.65. The summed E-state index contributed by atoms with van der Waals surface area (Å²) >= 11 is 5.32. The van der Waals surface area contributed by atoms with E-state index in [1.807, 2.05) is 20.8 Å². The van der Waals surface area contributed by atoms with Gasteiger partial charge in [-0.25, -0.2) is 44.5 Å². The molecule has 0 fully saturated rings. The summed E-state index contributed by atoms with van der Waals surface area (Å²) < 4.78 is 46.2. The topological polar surface area (TPSA) is 238 Å². The third-order valence-corrected chi connectivity index (χ3v) is 9.34. The van der Waals surface area contributed by atoms with Gasteiger partial charge in [0.15, 0.2) is 0 Å². The summed E-state index contributed by atoms with van der Waals surface area (Å²) in [5.74, 6) is -1.07. The summed E-state index contributed by atoms with van der Waals surface area (Å²) in [6.45, 7) is 5.62. The Labute approximate surface area is 399 Å². The number of amides is 1. The first-order chi connectivity index (χ1) is 32.5. The number of aromatic nitrogens is 8. The largest absolute Gasteiger partial charge is 0.478 e. The number of carboxylic acid groups (broad SMARTS) is 1. The summed E-state index contributed by atoms with van der Waals surface area (Å²) in [4.78, 5) is 62.0. The normalized spacial score (nSPS) is 10.2. The molecule has 0 aliphatic rings. The second kappa shape index (κ2) is 25.2. The van der Waals surface area contributed by atoms with Crippen molar-refractivity contribution in [3.05, 3.63) is 191 Å². The Kier molecular flexibility index (Phi) is 19.3. The molecule has 0 aliphatic carbocycles. The van der Waals surface area contributed by atoms with Crippen molar-refractivity contribution in [1.82, 2.24) is 39.5 Å². The van der Waals surface area contributed by atoms with Crippen LogP contribution in [0.3, 0.4) is 0 Å². The van der Waals surface area contributed by atoms with Crippen LogP contribution in [0.5, 0.6) is 0 Å². The molecule has 0 spiro atoms. The number of esters is 1. The van der Waals surface area contributed by atoms with Gasteiger partial charge in [0, 0.05) is 83.6 Å². The minimum atomic E-state index is -4.58. The minimum absolute atomic E-state index is 0. The van der Waals surface area contributed by atoms with Crippen LogP contribution in [0.15, 0.2) is 147 Å². The number of halogens is 4. The van der Waals surface area contributed by atoms with E-state index >= 15 is 0 Å². The number of nitrogens with zero attached hydrogens (tertiary/aromatic N) is 8. The molecule has 356 valence electrons. The molecule has 0 saturated heterocycles. The van der Waals surface area contributed by atoms with Crippen LogP contribution in [0.4, 0.5) is 47.8 Å². The molecule has 4 heterocycles. The summed E-state index contributed by atoms with van der Waals surface area (Å²) in [7, 11) is 1.35. The number of rotatable bonds is 9. The summed E-state index contributed by atoms with van der Waals surface area (Å²) in [6, 6.07) is 23.3. The number of aryl methyl sites for hydroxylation is 3. The monoisotopic (exact) mass is 962 g/mol. The van der Waals surface area contributed by atoms with E-state index in [2.05, 4.69) is 55.6 Å². The van der Waals surface area contributed by atoms with Crippen molar-refractivity contribution < 1.29 is 37.4 Å². The maximum absolute atomic E-state index is 13.4. The quantitative estimate of drug-likeness (QED) is 0.0514. The number of nitrogens with two attached hydrogens (primary N) is 1. The van der Waals surface area contributed by atoms with Gasteiger partial charge >= 0.3 is 18.1 Å². The predicted octanol–water partition coefficient (Wildman–Crippen LogP) is 10.3. The molecule has 8 aromatic rings. The van der Waals surface area contributed by atoms with Crippen LogP contribution in [0.25, 0.3) is 5.69 Å². The highest BCUT2D eigenvalue weighted by atomic mass is 35.5. The van der Waals surface area contributed by atoms with Crippen LogP contribution in [0.2, 0.25) is 5.28 Å². The zero-order chi connectivity index (χ0) is 49.2. The number of carbonyl (C=O) groups excluding carboxylic acids is 2. The Morgan fingerprint density at radius 2 is 1.19 bits per heavy atom. The van der Waals surface area contributed by atoms with Gasteiger partial charge in [-0.3, -0.25) is 4.79 Å². The Balaban J connectivity index is 0.000000233. The number of hydrogen-bond donors (Lipinski definition) is 5. The van der Waals surface area contributed by atoms with Gasteiger partial charge in [0.2, 0.25) is 17.2 Å². The van der Waals surface area contributed by atoms with Crippen molar-refractivity contribution in [1.29, 1.82) is 0 Å². The minimum Gasteiger partial charge on any atom is -0.478 e. The molecule has 0 aliphatic heterocycles. The highest BCUT2D eigenvalue weighted by molar-refractivity contribution is 6.28. The van der Waals surface area contributed by atoms with Crippen molar-refractivity contribution in [2.75, 3.05) is 28.8 Å². The number of nitrogens with one attached hydrogen (secondary N) is 3. The molecule has 8 rings (SSSR count). The van der Waals surface area contributed by atoms with Crippen LogP contribution in [-0.4, -0.2) is 69.5 Å². The second-order valence-corrected chi connectivity index (χ2v) is 14.4. The fourth-order valence-electron chi connectivity index (χ4n) is 5.53. The van der Waals surface area contributed by atoms with Gasteiger partial charge < -0.3 is 36.1 Å². The molecule has 0 unspecified atom stereocenters. The number of methoxy groups -OCH3 is 1. The Morgan fingerprint density at radius 3 is 1.65 bits per heavy atom. The van der Waals surface area contributed by atoms with Crippen LogP contribution < -0.4 is 21.7 Å². The molecule has 4 aromatic heterocycles. The number of carboxylic acids is 1. The molecule has 6 N–H and O–H groups in total. The fraction of sp³-hybridized carbons (Fsp3) is 0.125. The van der Waals surface area contributed by atoms with Crippen molar-refractivity contribution in [2.24, 2.45) is 0 Å². The highest BCUT2D eigenvalue weighted by Crippen LogP contribution is 2.33. The smallest absolute Gasteiger partial charge is 0.416 e. The van der Waals surface area contributed by atoms with E-state index < -0.39 is 23.6 Å².